The van der Waals surface area contributed by atoms with Crippen molar-refractivity contribution >= 4 is 11.7 Å². The highest BCUT2D eigenvalue weighted by Gasteiger charge is 2.40. The predicted molar refractivity (Wildman–Crippen MR) is 85.3 cm³/mol. The molecule has 23 heavy (non-hydrogen) atoms. The van der Waals surface area contributed by atoms with Gasteiger partial charge in [0.15, 0.2) is 17.3 Å². The Bertz CT molecular complexity index is 531. The number of nitrogens with one attached hydrogen (secondary N) is 1. The maximum absolute atomic E-state index is 11.9. The third-order valence-corrected chi connectivity index (χ3v) is 4.22. The molecule has 1 aromatic heterocycles. The van der Waals surface area contributed by atoms with E-state index in [9.17, 15) is 4.79 Å². The van der Waals surface area contributed by atoms with Gasteiger partial charge in [-0.3, -0.25) is 4.79 Å². The summed E-state index contributed by atoms with van der Waals surface area (Å²) in [6, 6.07) is 3.58. The molecular weight excluding hydrogens is 296 g/mol. The average molecular weight is 320 g/mol. The first-order valence-electron chi connectivity index (χ1n) is 8.23. The van der Waals surface area contributed by atoms with Crippen molar-refractivity contribution in [2.24, 2.45) is 5.92 Å². The molecule has 3 heterocycles. The summed E-state index contributed by atoms with van der Waals surface area (Å²) in [4.78, 5) is 14.1. The van der Waals surface area contributed by atoms with Gasteiger partial charge in [-0.15, -0.1) is 10.2 Å². The van der Waals surface area contributed by atoms with Gasteiger partial charge in [-0.2, -0.15) is 0 Å². The van der Waals surface area contributed by atoms with Crippen molar-refractivity contribution in [3.05, 3.63) is 17.8 Å². The van der Waals surface area contributed by atoms with E-state index in [4.69, 9.17) is 9.47 Å². The molecule has 0 bridgehead atoms. The fourth-order valence-corrected chi connectivity index (χ4v) is 2.86. The monoisotopic (exact) mass is 320 g/mol. The van der Waals surface area contributed by atoms with Gasteiger partial charge >= 0.3 is 0 Å². The first-order chi connectivity index (χ1) is 11.1. The standard InChI is InChI=1S/C16H24N4O3/c1-12(2)11-17-15(21)13-3-4-14(19-18-13)20-7-5-16(6-8-20)22-9-10-23-16/h3-4,12H,5-11H2,1-2H3,(H,17,21). The molecule has 0 radical (unpaired) electrons. The van der Waals surface area contributed by atoms with Crippen molar-refractivity contribution in [2.45, 2.75) is 32.5 Å². The minimum Gasteiger partial charge on any atom is -0.355 e. The van der Waals surface area contributed by atoms with Crippen molar-refractivity contribution in [2.75, 3.05) is 37.7 Å². The summed E-state index contributed by atoms with van der Waals surface area (Å²) in [6.07, 6.45) is 1.65. The fraction of sp³-hybridized carbons (Fsp3) is 0.688. The number of carbonyl (C=O) groups excluding carboxylic acids is 1. The smallest absolute Gasteiger partial charge is 0.271 e. The molecule has 2 aliphatic rings. The van der Waals surface area contributed by atoms with Gasteiger partial charge in [-0.05, 0) is 18.1 Å². The maximum atomic E-state index is 11.9. The minimum atomic E-state index is -0.388. The summed E-state index contributed by atoms with van der Waals surface area (Å²) in [7, 11) is 0. The number of ether oxygens (including phenoxy) is 2. The predicted octanol–water partition coefficient (Wildman–Crippen LogP) is 1.21. The minimum absolute atomic E-state index is 0.178. The number of nitrogens with zero attached hydrogens (tertiary/aromatic N) is 3. The molecule has 0 atom stereocenters. The molecule has 7 nitrogen and oxygen atoms in total. The van der Waals surface area contributed by atoms with Crippen molar-refractivity contribution in [3.63, 3.8) is 0 Å². The second-order valence-corrected chi connectivity index (χ2v) is 6.48. The van der Waals surface area contributed by atoms with E-state index in [2.05, 4.69) is 34.3 Å². The summed E-state index contributed by atoms with van der Waals surface area (Å²) in [5.41, 5.74) is 0.352. The summed E-state index contributed by atoms with van der Waals surface area (Å²) < 4.78 is 11.4. The summed E-state index contributed by atoms with van der Waals surface area (Å²) >= 11 is 0. The zero-order valence-corrected chi connectivity index (χ0v) is 13.7. The van der Waals surface area contributed by atoms with Crippen LogP contribution in [0.5, 0.6) is 0 Å². The zero-order valence-electron chi connectivity index (χ0n) is 13.7. The quantitative estimate of drug-likeness (QED) is 0.898. The van der Waals surface area contributed by atoms with Gasteiger partial charge in [-0.25, -0.2) is 0 Å². The van der Waals surface area contributed by atoms with Gasteiger partial charge in [0.2, 0.25) is 0 Å². The Balaban J connectivity index is 1.56. The Labute approximate surface area is 136 Å². The third kappa shape index (κ3) is 3.79. The highest BCUT2D eigenvalue weighted by Crippen LogP contribution is 2.32. The molecule has 2 saturated heterocycles. The molecule has 0 saturated carbocycles. The SMILES string of the molecule is CC(C)CNC(=O)c1ccc(N2CCC3(CC2)OCCO3)nn1. The molecule has 1 amide bonds. The van der Waals surface area contributed by atoms with Gasteiger partial charge in [0.1, 0.15) is 0 Å². The molecule has 0 aromatic carbocycles. The van der Waals surface area contributed by atoms with Crippen molar-refractivity contribution in [1.29, 1.82) is 0 Å². The molecule has 0 aliphatic carbocycles. The fourth-order valence-electron chi connectivity index (χ4n) is 2.86. The molecule has 1 aromatic rings. The van der Waals surface area contributed by atoms with Crippen LogP contribution in [0.1, 0.15) is 37.2 Å². The van der Waals surface area contributed by atoms with E-state index in [1.165, 1.54) is 0 Å². The first-order valence-corrected chi connectivity index (χ1v) is 8.23. The average Bonchev–Trinajstić information content (AvgIpc) is 3.02. The number of piperidine rings is 1. The topological polar surface area (TPSA) is 76.6 Å². The summed E-state index contributed by atoms with van der Waals surface area (Å²) in [6.45, 7) is 7.73. The maximum Gasteiger partial charge on any atom is 0.271 e. The second-order valence-electron chi connectivity index (χ2n) is 6.48. The normalized spacial score (nSPS) is 20.2. The summed E-state index contributed by atoms with van der Waals surface area (Å²) in [5, 5.41) is 11.1. The molecule has 2 aliphatic heterocycles. The molecule has 1 spiro atoms. The first kappa shape index (κ1) is 16.1. The molecule has 2 fully saturated rings. The number of aromatic nitrogens is 2. The van der Waals surface area contributed by atoms with E-state index in [0.717, 1.165) is 31.7 Å². The Morgan fingerprint density at radius 3 is 2.52 bits per heavy atom. The van der Waals surface area contributed by atoms with Crippen LogP contribution in [0.25, 0.3) is 0 Å². The lowest BCUT2D eigenvalue weighted by atomic mass is 10.0. The largest absolute Gasteiger partial charge is 0.355 e. The van der Waals surface area contributed by atoms with Gasteiger partial charge < -0.3 is 19.7 Å². The Kier molecular flexibility index (Phi) is 4.77. The lowest BCUT2D eigenvalue weighted by Gasteiger charge is -2.37. The van der Waals surface area contributed by atoms with E-state index in [0.29, 0.717) is 31.4 Å². The van der Waals surface area contributed by atoms with E-state index in [-0.39, 0.29) is 11.7 Å². The zero-order chi connectivity index (χ0) is 16.3. The lowest BCUT2D eigenvalue weighted by Crippen LogP contribution is -2.45. The van der Waals surface area contributed by atoms with Crippen LogP contribution in [0.4, 0.5) is 5.82 Å². The van der Waals surface area contributed by atoms with Crippen LogP contribution >= 0.6 is 0 Å². The van der Waals surface area contributed by atoms with Crippen LogP contribution in [0.3, 0.4) is 0 Å². The molecule has 126 valence electrons. The molecule has 0 unspecified atom stereocenters. The van der Waals surface area contributed by atoms with E-state index < -0.39 is 0 Å². The number of amides is 1. The highest BCUT2D eigenvalue weighted by atomic mass is 16.7. The number of rotatable bonds is 4. The van der Waals surface area contributed by atoms with Gasteiger partial charge in [0.25, 0.3) is 5.91 Å². The Morgan fingerprint density at radius 2 is 1.96 bits per heavy atom. The number of anilines is 1. The van der Waals surface area contributed by atoms with Crippen molar-refractivity contribution in [1.82, 2.24) is 15.5 Å². The molecular formula is C16H24N4O3. The lowest BCUT2D eigenvalue weighted by molar-refractivity contribution is -0.169. The molecule has 1 N–H and O–H groups in total. The van der Waals surface area contributed by atoms with E-state index in [1.54, 1.807) is 6.07 Å². The molecule has 3 rings (SSSR count). The van der Waals surface area contributed by atoms with E-state index in [1.807, 2.05) is 6.07 Å². The highest BCUT2D eigenvalue weighted by molar-refractivity contribution is 5.92. The van der Waals surface area contributed by atoms with Gasteiger partial charge in [0, 0.05) is 32.5 Å². The van der Waals surface area contributed by atoms with Crippen LogP contribution < -0.4 is 10.2 Å². The van der Waals surface area contributed by atoms with Crippen LogP contribution in [-0.4, -0.2) is 54.7 Å². The van der Waals surface area contributed by atoms with Crippen LogP contribution in [0, 0.1) is 5.92 Å². The molecule has 7 heteroatoms. The van der Waals surface area contributed by atoms with Gasteiger partial charge in [0.05, 0.1) is 13.2 Å². The van der Waals surface area contributed by atoms with Crippen LogP contribution in [0.15, 0.2) is 12.1 Å². The van der Waals surface area contributed by atoms with Crippen molar-refractivity contribution in [3.8, 4) is 0 Å². The van der Waals surface area contributed by atoms with E-state index >= 15 is 0 Å². The Morgan fingerprint density at radius 1 is 1.26 bits per heavy atom. The van der Waals surface area contributed by atoms with Gasteiger partial charge in [-0.1, -0.05) is 13.8 Å². The number of carbonyl (C=O) groups is 1. The second kappa shape index (κ2) is 6.80. The van der Waals surface area contributed by atoms with Crippen molar-refractivity contribution < 1.29 is 14.3 Å². The number of hydrogen-bond acceptors (Lipinski definition) is 6. The van der Waals surface area contributed by atoms with Crippen LogP contribution in [0.2, 0.25) is 0 Å². The third-order valence-electron chi connectivity index (χ3n) is 4.22. The van der Waals surface area contributed by atoms with Crippen LogP contribution in [-0.2, 0) is 9.47 Å². The summed E-state index contributed by atoms with van der Waals surface area (Å²) in [5.74, 6) is 0.633. The number of hydrogen-bond donors (Lipinski definition) is 1. The Hall–Kier alpha value is -1.73.